The fourth-order valence-corrected chi connectivity index (χ4v) is 16.6. The lowest BCUT2D eigenvalue weighted by molar-refractivity contribution is 0.697. The summed E-state index contributed by atoms with van der Waals surface area (Å²) in [4.78, 5) is 0. The lowest BCUT2D eigenvalue weighted by Gasteiger charge is -2.58. The largest absolute Gasteiger partial charge is 0.103 e. The average molecular weight is 249 g/mol. The molecule has 0 bridgehead atoms. The maximum atomic E-state index is 3.96. The highest BCUT2D eigenvalue weighted by atomic mass is 28.4. The van der Waals surface area contributed by atoms with Crippen LogP contribution in [0.5, 0.6) is 0 Å². The Morgan fingerprint density at radius 3 is 1.69 bits per heavy atom. The van der Waals surface area contributed by atoms with Crippen molar-refractivity contribution in [3.8, 4) is 0 Å². The molecular weight excluding hydrogens is 224 g/mol. The molecule has 0 aliphatic carbocycles. The maximum absolute atomic E-state index is 3.96. The second-order valence-electron chi connectivity index (χ2n) is 5.03. The fourth-order valence-electron chi connectivity index (χ4n) is 3.38. The second kappa shape index (κ2) is 5.64. The summed E-state index contributed by atoms with van der Waals surface area (Å²) in [5.41, 5.74) is 1.56. The summed E-state index contributed by atoms with van der Waals surface area (Å²) < 4.78 is 0.638. The zero-order valence-corrected chi connectivity index (χ0v) is 12.8. The lowest BCUT2D eigenvalue weighted by atomic mass is 10.2. The van der Waals surface area contributed by atoms with Gasteiger partial charge in [-0.25, -0.2) is 0 Å². The van der Waals surface area contributed by atoms with Crippen LogP contribution in [0.4, 0.5) is 0 Å². The van der Waals surface area contributed by atoms with Crippen LogP contribution in [-0.4, -0.2) is 17.6 Å². The van der Waals surface area contributed by atoms with E-state index in [9.17, 15) is 0 Å². The Morgan fingerprint density at radius 2 is 1.44 bits per heavy atom. The summed E-state index contributed by atoms with van der Waals surface area (Å²) >= 11 is 0. The van der Waals surface area contributed by atoms with E-state index in [0.717, 1.165) is 0 Å². The molecule has 1 aliphatic heterocycles. The van der Waals surface area contributed by atoms with Crippen LogP contribution >= 0.6 is 0 Å². The Labute approximate surface area is 104 Å². The Hall–Kier alpha value is -0.606. The third kappa shape index (κ3) is 2.09. The highest BCUT2D eigenvalue weighted by molar-refractivity contribution is 7.04. The molecule has 1 saturated heterocycles. The van der Waals surface area contributed by atoms with E-state index in [1.807, 2.05) is 0 Å². The van der Waals surface area contributed by atoms with E-state index < -0.39 is 8.07 Å². The van der Waals surface area contributed by atoms with Crippen molar-refractivity contribution in [3.63, 3.8) is 0 Å². The van der Waals surface area contributed by atoms with Gasteiger partial charge in [-0.15, -0.1) is 26.3 Å². The predicted octanol–water partition coefficient (Wildman–Crippen LogP) is 3.80. The predicted molar refractivity (Wildman–Crippen MR) is 81.4 cm³/mol. The van der Waals surface area contributed by atoms with Crippen LogP contribution < -0.4 is 0 Å². The smallest absolute Gasteiger partial charge is 0.0615 e. The fraction of sp³-hybridized carbons (Fsp3) is 0.429. The van der Waals surface area contributed by atoms with Crippen molar-refractivity contribution < 1.29 is 0 Å². The normalized spacial score (nSPS) is 22.0. The molecule has 0 saturated carbocycles. The lowest BCUT2D eigenvalue weighted by Crippen LogP contribution is -2.60. The molecule has 2 heteroatoms. The molecule has 0 radical (unpaired) electrons. The van der Waals surface area contributed by atoms with Crippen LogP contribution in [0.15, 0.2) is 50.6 Å². The van der Waals surface area contributed by atoms with Crippen LogP contribution in [0.25, 0.3) is 0 Å². The molecule has 0 nitrogen and oxygen atoms in total. The first-order chi connectivity index (χ1) is 7.70. The molecule has 0 aromatic rings. The Kier molecular flexibility index (Phi) is 4.75. The quantitative estimate of drug-likeness (QED) is 0.453. The first-order valence-electron chi connectivity index (χ1n) is 6.14. The van der Waals surface area contributed by atoms with Crippen LogP contribution in [0.1, 0.15) is 12.8 Å². The van der Waals surface area contributed by atoms with Gasteiger partial charge < -0.3 is 0 Å². The summed E-state index contributed by atoms with van der Waals surface area (Å²) in [5, 5.41) is 0. The summed E-state index contributed by atoms with van der Waals surface area (Å²) in [6.07, 6.45) is 11.0. The summed E-state index contributed by atoms with van der Waals surface area (Å²) in [6, 6.07) is 2.52. The van der Waals surface area contributed by atoms with Gasteiger partial charge in [0.25, 0.3) is 0 Å². The molecule has 0 aromatic carbocycles. The van der Waals surface area contributed by atoms with Crippen molar-refractivity contribution in [1.82, 2.24) is 0 Å². The summed E-state index contributed by atoms with van der Waals surface area (Å²) in [5.74, 6) is 0. The van der Waals surface area contributed by atoms with Crippen LogP contribution in [0.3, 0.4) is 0 Å². The van der Waals surface area contributed by atoms with Gasteiger partial charge in [-0.2, -0.15) is 0 Å². The zero-order chi connectivity index (χ0) is 12.1. The first-order valence-corrected chi connectivity index (χ1v) is 10.5. The minimum atomic E-state index is -1.18. The van der Waals surface area contributed by atoms with E-state index in [-0.39, 0.29) is 9.52 Å². The molecule has 0 atom stereocenters. The average Bonchev–Trinajstić information content (AvgIpc) is 2.27. The molecule has 1 aliphatic rings. The molecule has 0 aromatic heterocycles. The van der Waals surface area contributed by atoms with E-state index in [0.29, 0.717) is 4.66 Å². The number of allylic oxidation sites excluding steroid dienone is 4. The number of hydrogen-bond acceptors (Lipinski definition) is 0. The van der Waals surface area contributed by atoms with Gasteiger partial charge in [0.1, 0.15) is 0 Å². The minimum absolute atomic E-state index is 0.0690. The van der Waals surface area contributed by atoms with Crippen molar-refractivity contribution in [2.24, 2.45) is 0 Å². The molecule has 1 rings (SSSR count). The van der Waals surface area contributed by atoms with Crippen molar-refractivity contribution in [2.75, 3.05) is 0 Å². The van der Waals surface area contributed by atoms with Gasteiger partial charge in [-0.1, -0.05) is 30.0 Å². The highest BCUT2D eigenvalue weighted by Crippen LogP contribution is 2.58. The SMILES string of the molecule is C=CCC1(CC=C)[SiH2]C[Si]1(CC=C)CC=C. The Balaban J connectivity index is 2.96. The van der Waals surface area contributed by atoms with Crippen LogP contribution in [0.2, 0.25) is 22.4 Å². The van der Waals surface area contributed by atoms with E-state index in [4.69, 9.17) is 0 Å². The van der Waals surface area contributed by atoms with Gasteiger partial charge in [-0.3, -0.25) is 0 Å². The molecule has 1 heterocycles. The number of rotatable bonds is 8. The second-order valence-corrected chi connectivity index (χ2v) is 14.0. The topological polar surface area (TPSA) is 0 Å². The van der Waals surface area contributed by atoms with Crippen molar-refractivity contribution in [3.05, 3.63) is 50.6 Å². The van der Waals surface area contributed by atoms with Crippen molar-refractivity contribution in [1.29, 1.82) is 0 Å². The summed E-state index contributed by atoms with van der Waals surface area (Å²) in [7, 11) is -1.11. The third-order valence-electron chi connectivity index (χ3n) is 4.35. The minimum Gasteiger partial charge on any atom is -0.103 e. The highest BCUT2D eigenvalue weighted by Gasteiger charge is 2.57. The van der Waals surface area contributed by atoms with E-state index in [1.165, 1.54) is 24.9 Å². The third-order valence-corrected chi connectivity index (χ3v) is 18.5. The molecule has 0 amide bonds. The van der Waals surface area contributed by atoms with E-state index in [1.54, 1.807) is 5.67 Å². The van der Waals surface area contributed by atoms with Crippen LogP contribution in [0, 0.1) is 0 Å². The zero-order valence-electron chi connectivity index (χ0n) is 10.4. The molecule has 0 spiro atoms. The van der Waals surface area contributed by atoms with Gasteiger partial charge in [0.15, 0.2) is 0 Å². The van der Waals surface area contributed by atoms with Gasteiger partial charge in [0.05, 0.1) is 8.07 Å². The van der Waals surface area contributed by atoms with Gasteiger partial charge >= 0.3 is 0 Å². The van der Waals surface area contributed by atoms with Gasteiger partial charge in [0.2, 0.25) is 0 Å². The van der Waals surface area contributed by atoms with Crippen molar-refractivity contribution in [2.45, 2.75) is 35.3 Å². The molecule has 16 heavy (non-hydrogen) atoms. The Bertz CT molecular complexity index is 241. The van der Waals surface area contributed by atoms with Crippen LogP contribution in [-0.2, 0) is 0 Å². The molecule has 0 N–H and O–H groups in total. The first kappa shape index (κ1) is 13.5. The molecular formula is C14H24Si2. The van der Waals surface area contributed by atoms with Gasteiger partial charge in [-0.05, 0) is 29.6 Å². The molecule has 0 unspecified atom stereocenters. The maximum Gasteiger partial charge on any atom is 0.0615 e. The Morgan fingerprint density at radius 1 is 0.938 bits per heavy atom. The molecule has 88 valence electrons. The standard InChI is InChI=1S/C14H24Si2/c1-5-9-14(10-6-2)15-13-16(14,11-7-3)12-8-4/h5-8H,1-4,9-13,15H2. The van der Waals surface area contributed by atoms with Crippen molar-refractivity contribution >= 4 is 17.6 Å². The monoisotopic (exact) mass is 248 g/mol. The summed E-state index contributed by atoms with van der Waals surface area (Å²) in [6.45, 7) is 15.8. The molecule has 1 fully saturated rings. The number of hydrogen-bond donors (Lipinski definition) is 0. The van der Waals surface area contributed by atoms with E-state index in [2.05, 4.69) is 50.6 Å². The van der Waals surface area contributed by atoms with E-state index >= 15 is 0 Å². The van der Waals surface area contributed by atoms with Gasteiger partial charge in [0, 0.05) is 9.52 Å².